The number of ether oxygens (including phenoxy) is 1. The highest BCUT2D eigenvalue weighted by Gasteiger charge is 2.34. The topological polar surface area (TPSA) is 47.4 Å². The van der Waals surface area contributed by atoms with Gasteiger partial charge in [0.05, 0.1) is 22.2 Å². The quantitative estimate of drug-likeness (QED) is 0.272. The lowest BCUT2D eigenvalue weighted by Gasteiger charge is -2.18. The van der Waals surface area contributed by atoms with Gasteiger partial charge in [-0.05, 0) is 56.7 Å². The Hall–Kier alpha value is -2.61. The molecule has 5 nitrogen and oxygen atoms in total. The Balaban J connectivity index is 1.79. The Labute approximate surface area is 208 Å². The molecule has 1 aliphatic heterocycles. The Morgan fingerprint density at radius 3 is 2.61 bits per heavy atom. The molecule has 0 unspecified atom stereocenters. The van der Waals surface area contributed by atoms with Crippen LogP contribution in [0.4, 0.5) is 0 Å². The normalized spacial score (nSPS) is 15.2. The van der Waals surface area contributed by atoms with Gasteiger partial charge in [-0.15, -0.1) is 0 Å². The zero-order valence-electron chi connectivity index (χ0n) is 18.6. The lowest BCUT2D eigenvalue weighted by Crippen LogP contribution is -2.34. The van der Waals surface area contributed by atoms with E-state index in [2.05, 4.69) is 0 Å². The number of halogens is 1. The summed E-state index contributed by atoms with van der Waals surface area (Å²) < 4.78 is 8.09. The third kappa shape index (κ3) is 5.00. The van der Waals surface area contributed by atoms with Gasteiger partial charge in [0, 0.05) is 23.4 Å². The van der Waals surface area contributed by atoms with Crippen LogP contribution in [0.2, 0.25) is 5.02 Å². The molecule has 170 valence electrons. The van der Waals surface area contributed by atoms with Gasteiger partial charge in [0.1, 0.15) is 15.8 Å². The van der Waals surface area contributed by atoms with Gasteiger partial charge in [0.15, 0.2) is 0 Å². The molecule has 1 amide bonds. The van der Waals surface area contributed by atoms with Crippen molar-refractivity contribution in [2.75, 3.05) is 6.61 Å². The van der Waals surface area contributed by atoms with E-state index in [4.69, 9.17) is 33.7 Å². The summed E-state index contributed by atoms with van der Waals surface area (Å²) in [5.74, 6) is 0.559. The lowest BCUT2D eigenvalue weighted by molar-refractivity contribution is -0.123. The first-order valence-corrected chi connectivity index (χ1v) is 12.3. The van der Waals surface area contributed by atoms with Crippen molar-refractivity contribution < 1.29 is 9.53 Å². The molecule has 1 aliphatic rings. The van der Waals surface area contributed by atoms with Gasteiger partial charge in [0.2, 0.25) is 0 Å². The Morgan fingerprint density at radius 2 is 1.97 bits per heavy atom. The minimum Gasteiger partial charge on any atom is -0.492 e. The molecule has 1 aromatic heterocycles. The summed E-state index contributed by atoms with van der Waals surface area (Å²) >= 11 is 13.3. The van der Waals surface area contributed by atoms with E-state index in [1.54, 1.807) is 9.58 Å². The fraction of sp³-hybridized carbons (Fsp3) is 0.240. The summed E-state index contributed by atoms with van der Waals surface area (Å²) in [7, 11) is 0. The zero-order valence-corrected chi connectivity index (χ0v) is 21.0. The van der Waals surface area contributed by atoms with Crippen molar-refractivity contribution in [1.29, 1.82) is 0 Å². The molecule has 3 aromatic rings. The van der Waals surface area contributed by atoms with Crippen molar-refractivity contribution in [2.24, 2.45) is 0 Å². The smallest absolute Gasteiger partial charge is 0.266 e. The molecule has 0 spiro atoms. The number of thiocarbonyl (C=S) groups is 1. The fourth-order valence-electron chi connectivity index (χ4n) is 3.47. The predicted octanol–water partition coefficient (Wildman–Crippen LogP) is 6.59. The highest BCUT2D eigenvalue weighted by atomic mass is 35.5. The van der Waals surface area contributed by atoms with Crippen molar-refractivity contribution in [3.63, 3.8) is 0 Å². The van der Waals surface area contributed by atoms with Crippen molar-refractivity contribution in [1.82, 2.24) is 14.7 Å². The number of para-hydroxylation sites is 1. The van der Waals surface area contributed by atoms with E-state index in [-0.39, 0.29) is 11.9 Å². The molecular formula is C25H24ClN3O2S2. The minimum atomic E-state index is -0.0836. The molecule has 1 saturated heterocycles. The SMILES string of the molecule is CCCOc1ccc(-c2nn(-c3ccccc3)cc2/C=C2\SC(=S)N(C(C)C)C2=O)cc1Cl. The molecule has 0 aliphatic carbocycles. The summed E-state index contributed by atoms with van der Waals surface area (Å²) in [5, 5.41) is 5.35. The second-order valence-corrected chi connectivity index (χ2v) is 9.94. The first kappa shape index (κ1) is 23.5. The maximum atomic E-state index is 13.0. The second-order valence-electron chi connectivity index (χ2n) is 7.85. The molecule has 33 heavy (non-hydrogen) atoms. The Bertz CT molecular complexity index is 1220. The molecule has 1 fully saturated rings. The van der Waals surface area contributed by atoms with Crippen molar-refractivity contribution in [2.45, 2.75) is 33.2 Å². The van der Waals surface area contributed by atoms with Crippen LogP contribution in [0.15, 0.2) is 59.6 Å². The molecule has 0 radical (unpaired) electrons. The van der Waals surface area contributed by atoms with Gasteiger partial charge >= 0.3 is 0 Å². The number of hydrogen-bond acceptors (Lipinski definition) is 5. The predicted molar refractivity (Wildman–Crippen MR) is 140 cm³/mol. The average Bonchev–Trinajstić information content (AvgIpc) is 3.34. The summed E-state index contributed by atoms with van der Waals surface area (Å²) in [6, 6.07) is 15.5. The summed E-state index contributed by atoms with van der Waals surface area (Å²) in [5.41, 5.74) is 3.28. The van der Waals surface area contributed by atoms with Gasteiger partial charge in [-0.1, -0.05) is 60.7 Å². The Kier molecular flexibility index (Phi) is 7.22. The minimum absolute atomic E-state index is 0.00406. The van der Waals surface area contributed by atoms with Crippen LogP contribution in [0.3, 0.4) is 0 Å². The monoisotopic (exact) mass is 497 g/mol. The number of amides is 1. The molecule has 2 heterocycles. The van der Waals surface area contributed by atoms with E-state index in [0.717, 1.165) is 28.9 Å². The first-order chi connectivity index (χ1) is 15.9. The number of rotatable bonds is 7. The molecule has 0 saturated carbocycles. The largest absolute Gasteiger partial charge is 0.492 e. The van der Waals surface area contributed by atoms with Crippen LogP contribution in [0, 0.1) is 0 Å². The molecule has 0 N–H and O–H groups in total. The van der Waals surface area contributed by atoms with Crippen LogP contribution < -0.4 is 4.74 Å². The first-order valence-electron chi connectivity index (χ1n) is 10.7. The van der Waals surface area contributed by atoms with Crippen LogP contribution in [-0.4, -0.2) is 37.6 Å². The van der Waals surface area contributed by atoms with Gasteiger partial charge in [-0.3, -0.25) is 9.69 Å². The zero-order chi connectivity index (χ0) is 23.5. The van der Waals surface area contributed by atoms with Gasteiger partial charge < -0.3 is 4.74 Å². The van der Waals surface area contributed by atoms with E-state index in [9.17, 15) is 4.79 Å². The number of nitrogens with zero attached hydrogens (tertiary/aromatic N) is 3. The van der Waals surface area contributed by atoms with E-state index < -0.39 is 0 Å². The molecule has 0 atom stereocenters. The third-order valence-electron chi connectivity index (χ3n) is 5.06. The number of hydrogen-bond donors (Lipinski definition) is 0. The second kappa shape index (κ2) is 10.1. The van der Waals surface area contributed by atoms with Crippen molar-refractivity contribution in [3.8, 4) is 22.7 Å². The summed E-state index contributed by atoms with van der Waals surface area (Å²) in [6.45, 7) is 6.56. The van der Waals surface area contributed by atoms with Gasteiger partial charge in [0.25, 0.3) is 5.91 Å². The summed E-state index contributed by atoms with van der Waals surface area (Å²) in [6.07, 6.45) is 4.68. The van der Waals surface area contributed by atoms with Crippen molar-refractivity contribution >= 4 is 51.9 Å². The molecule has 2 aromatic carbocycles. The highest BCUT2D eigenvalue weighted by Crippen LogP contribution is 2.37. The average molecular weight is 498 g/mol. The number of benzene rings is 2. The van der Waals surface area contributed by atoms with Gasteiger partial charge in [-0.25, -0.2) is 4.68 Å². The standard InChI is InChI=1S/C25H24ClN3O2S2/c1-4-12-31-21-11-10-17(13-20(21)26)23-18(15-28(27-23)19-8-6-5-7-9-19)14-22-24(30)29(16(2)3)25(32)33-22/h5-11,13-16H,4,12H2,1-3H3/b22-14-. The number of thioether (sulfide) groups is 1. The molecule has 4 rings (SSSR count). The van der Waals surface area contributed by atoms with E-state index in [1.165, 1.54) is 11.8 Å². The molecule has 0 bridgehead atoms. The molecule has 8 heteroatoms. The Morgan fingerprint density at radius 1 is 1.21 bits per heavy atom. The maximum Gasteiger partial charge on any atom is 0.266 e. The van der Waals surface area contributed by atoms with Gasteiger partial charge in [-0.2, -0.15) is 5.10 Å². The third-order valence-corrected chi connectivity index (χ3v) is 6.68. The summed E-state index contributed by atoms with van der Waals surface area (Å²) in [4.78, 5) is 15.2. The number of carbonyl (C=O) groups is 1. The number of aromatic nitrogens is 2. The molecular weight excluding hydrogens is 474 g/mol. The van der Waals surface area contributed by atoms with Crippen LogP contribution in [0.25, 0.3) is 23.0 Å². The van der Waals surface area contributed by atoms with E-state index in [1.807, 2.05) is 81.6 Å². The fourth-order valence-corrected chi connectivity index (χ4v) is 5.22. The number of carbonyl (C=O) groups excluding carboxylic acids is 1. The lowest BCUT2D eigenvalue weighted by atomic mass is 10.1. The van der Waals surface area contributed by atoms with Crippen LogP contribution in [-0.2, 0) is 4.79 Å². The highest BCUT2D eigenvalue weighted by molar-refractivity contribution is 8.26. The van der Waals surface area contributed by atoms with Crippen LogP contribution >= 0.6 is 35.6 Å². The van der Waals surface area contributed by atoms with Crippen molar-refractivity contribution in [3.05, 3.63) is 70.2 Å². The van der Waals surface area contributed by atoms with E-state index in [0.29, 0.717) is 26.6 Å². The van der Waals surface area contributed by atoms with E-state index >= 15 is 0 Å². The van der Waals surface area contributed by atoms with Crippen LogP contribution in [0.1, 0.15) is 32.8 Å². The van der Waals surface area contributed by atoms with Crippen LogP contribution in [0.5, 0.6) is 5.75 Å². The maximum absolute atomic E-state index is 13.0.